The van der Waals surface area contributed by atoms with E-state index in [-0.39, 0.29) is 6.10 Å². The summed E-state index contributed by atoms with van der Waals surface area (Å²) in [6.45, 7) is 2.07. The number of benzene rings is 2. The van der Waals surface area contributed by atoms with E-state index in [4.69, 9.17) is 0 Å². The van der Waals surface area contributed by atoms with Crippen LogP contribution in [0.4, 0.5) is 0 Å². The number of aliphatic hydroxyl groups is 1. The Morgan fingerprint density at radius 3 is 2.32 bits per heavy atom. The number of rotatable bonds is 5. The molecule has 2 rings (SSSR count). The van der Waals surface area contributed by atoms with E-state index in [1.165, 1.54) is 16.0 Å². The molecule has 3 heteroatoms. The fraction of sp³-hybridized carbons (Fsp3) is 0.250. The first kappa shape index (κ1) is 14.6. The van der Waals surface area contributed by atoms with Crippen molar-refractivity contribution in [3.05, 3.63) is 64.1 Å². The summed E-state index contributed by atoms with van der Waals surface area (Å²) in [4.78, 5) is 1.19. The Bertz CT molecular complexity index is 507. The molecule has 19 heavy (non-hydrogen) atoms. The summed E-state index contributed by atoms with van der Waals surface area (Å²) in [6, 6.07) is 16.5. The van der Waals surface area contributed by atoms with Gasteiger partial charge in [0.05, 0.1) is 6.10 Å². The average Bonchev–Trinajstić information content (AvgIpc) is 2.41. The molecule has 1 atom stereocenters. The Kier molecular flexibility index (Phi) is 5.49. The van der Waals surface area contributed by atoms with Gasteiger partial charge in [0.25, 0.3) is 0 Å². The summed E-state index contributed by atoms with van der Waals surface area (Å²) in [5.41, 5.74) is 2.44. The van der Waals surface area contributed by atoms with E-state index in [1.807, 2.05) is 12.1 Å². The summed E-state index contributed by atoms with van der Waals surface area (Å²) in [7, 11) is 0. The van der Waals surface area contributed by atoms with Crippen molar-refractivity contribution in [3.63, 3.8) is 0 Å². The maximum atomic E-state index is 10.1. The molecule has 0 radical (unpaired) electrons. The third-order valence-corrected chi connectivity index (χ3v) is 4.53. The van der Waals surface area contributed by atoms with Gasteiger partial charge in [-0.25, -0.2) is 0 Å². The molecule has 0 aliphatic carbocycles. The Morgan fingerprint density at radius 2 is 1.68 bits per heavy atom. The highest BCUT2D eigenvalue weighted by Gasteiger charge is 2.06. The predicted octanol–water partition coefficient (Wildman–Crippen LogP) is 4.45. The minimum Gasteiger partial charge on any atom is -0.392 e. The van der Waals surface area contributed by atoms with Crippen molar-refractivity contribution in [1.29, 1.82) is 0 Å². The summed E-state index contributed by atoms with van der Waals surface area (Å²) in [5.74, 6) is 0.718. The highest BCUT2D eigenvalue weighted by molar-refractivity contribution is 9.10. The van der Waals surface area contributed by atoms with Crippen molar-refractivity contribution in [1.82, 2.24) is 0 Å². The predicted molar refractivity (Wildman–Crippen MR) is 85.8 cm³/mol. The maximum Gasteiger partial charge on any atom is 0.0674 e. The fourth-order valence-corrected chi connectivity index (χ4v) is 2.87. The third-order valence-electron chi connectivity index (χ3n) is 2.85. The Morgan fingerprint density at radius 1 is 1.05 bits per heavy atom. The van der Waals surface area contributed by atoms with Crippen LogP contribution in [0.25, 0.3) is 0 Å². The van der Waals surface area contributed by atoms with Gasteiger partial charge < -0.3 is 5.11 Å². The van der Waals surface area contributed by atoms with Crippen LogP contribution in [0.2, 0.25) is 0 Å². The molecule has 2 aromatic carbocycles. The lowest BCUT2D eigenvalue weighted by molar-refractivity contribution is 0.200. The first-order valence-corrected chi connectivity index (χ1v) is 8.03. The van der Waals surface area contributed by atoms with Crippen LogP contribution in [0.5, 0.6) is 0 Å². The monoisotopic (exact) mass is 336 g/mol. The molecule has 0 spiro atoms. The van der Waals surface area contributed by atoms with Gasteiger partial charge >= 0.3 is 0 Å². The smallest absolute Gasteiger partial charge is 0.0674 e. The number of aliphatic hydroxyl groups excluding tert-OH is 1. The van der Waals surface area contributed by atoms with Gasteiger partial charge in [-0.15, -0.1) is 11.8 Å². The van der Waals surface area contributed by atoms with Crippen molar-refractivity contribution < 1.29 is 5.11 Å². The number of thioether (sulfide) groups is 1. The van der Waals surface area contributed by atoms with Crippen LogP contribution in [-0.2, 0) is 6.42 Å². The Balaban J connectivity index is 1.82. The number of hydrogen-bond donors (Lipinski definition) is 1. The third kappa shape index (κ3) is 5.01. The van der Waals surface area contributed by atoms with E-state index < -0.39 is 0 Å². The van der Waals surface area contributed by atoms with Gasteiger partial charge in [0.2, 0.25) is 0 Å². The van der Waals surface area contributed by atoms with Crippen LogP contribution in [0.1, 0.15) is 11.1 Å². The standard InChI is InChI=1S/C16H17BrOS/c1-12-2-4-13(5-3-12)10-15(18)11-19-16-8-6-14(17)7-9-16/h2-9,15,18H,10-11H2,1H3. The lowest BCUT2D eigenvalue weighted by atomic mass is 10.1. The second-order valence-electron chi connectivity index (χ2n) is 4.61. The van der Waals surface area contributed by atoms with E-state index in [9.17, 15) is 5.11 Å². The van der Waals surface area contributed by atoms with E-state index in [1.54, 1.807) is 11.8 Å². The van der Waals surface area contributed by atoms with E-state index >= 15 is 0 Å². The zero-order valence-corrected chi connectivity index (χ0v) is 13.2. The second kappa shape index (κ2) is 7.13. The van der Waals surface area contributed by atoms with Crippen LogP contribution >= 0.6 is 27.7 Å². The Labute approximate surface area is 127 Å². The van der Waals surface area contributed by atoms with E-state index in [2.05, 4.69) is 59.3 Å². The minimum atomic E-state index is -0.309. The van der Waals surface area contributed by atoms with Crippen LogP contribution in [0, 0.1) is 6.92 Å². The topological polar surface area (TPSA) is 20.2 Å². The van der Waals surface area contributed by atoms with Crippen LogP contribution in [0.15, 0.2) is 57.9 Å². The number of aryl methyl sites for hydroxylation is 1. The fourth-order valence-electron chi connectivity index (χ4n) is 1.78. The van der Waals surface area contributed by atoms with Crippen molar-refractivity contribution in [2.45, 2.75) is 24.3 Å². The molecule has 1 unspecified atom stereocenters. The lowest BCUT2D eigenvalue weighted by Crippen LogP contribution is -2.13. The average molecular weight is 337 g/mol. The van der Waals surface area contributed by atoms with Crippen LogP contribution < -0.4 is 0 Å². The van der Waals surface area contributed by atoms with Gasteiger partial charge in [-0.2, -0.15) is 0 Å². The van der Waals surface area contributed by atoms with Gasteiger partial charge in [0.1, 0.15) is 0 Å². The van der Waals surface area contributed by atoms with Gasteiger partial charge in [0.15, 0.2) is 0 Å². The first-order valence-electron chi connectivity index (χ1n) is 6.25. The molecular weight excluding hydrogens is 320 g/mol. The molecule has 2 aromatic rings. The second-order valence-corrected chi connectivity index (χ2v) is 6.62. The molecule has 0 aliphatic heterocycles. The minimum absolute atomic E-state index is 0.309. The van der Waals surface area contributed by atoms with Crippen LogP contribution in [-0.4, -0.2) is 17.0 Å². The highest BCUT2D eigenvalue weighted by atomic mass is 79.9. The van der Waals surface area contributed by atoms with Crippen LogP contribution in [0.3, 0.4) is 0 Å². The van der Waals surface area contributed by atoms with Gasteiger partial charge in [-0.3, -0.25) is 0 Å². The number of hydrogen-bond acceptors (Lipinski definition) is 2. The first-order chi connectivity index (χ1) is 9.13. The zero-order chi connectivity index (χ0) is 13.7. The van der Waals surface area contributed by atoms with Crippen molar-refractivity contribution in [2.24, 2.45) is 0 Å². The molecule has 0 bridgehead atoms. The molecule has 0 aromatic heterocycles. The van der Waals surface area contributed by atoms with Crippen molar-refractivity contribution in [3.8, 4) is 0 Å². The quantitative estimate of drug-likeness (QED) is 0.814. The molecule has 0 amide bonds. The summed E-state index contributed by atoms with van der Waals surface area (Å²) >= 11 is 5.11. The molecule has 0 aliphatic rings. The van der Waals surface area contributed by atoms with E-state index in [0.717, 1.165) is 10.2 Å². The molecule has 1 nitrogen and oxygen atoms in total. The largest absolute Gasteiger partial charge is 0.392 e. The highest BCUT2D eigenvalue weighted by Crippen LogP contribution is 2.22. The molecule has 0 saturated heterocycles. The molecule has 1 N–H and O–H groups in total. The van der Waals surface area contributed by atoms with Gasteiger partial charge in [-0.1, -0.05) is 45.8 Å². The zero-order valence-electron chi connectivity index (χ0n) is 10.8. The normalized spacial score (nSPS) is 12.4. The molecule has 0 heterocycles. The number of halogens is 1. The summed E-state index contributed by atoms with van der Waals surface area (Å²) < 4.78 is 1.08. The van der Waals surface area contributed by atoms with E-state index in [0.29, 0.717) is 6.42 Å². The lowest BCUT2D eigenvalue weighted by Gasteiger charge is -2.10. The molecule has 0 saturated carbocycles. The molecule has 100 valence electrons. The maximum absolute atomic E-state index is 10.1. The molecular formula is C16H17BrOS. The molecule has 0 fully saturated rings. The van der Waals surface area contributed by atoms with Crippen molar-refractivity contribution in [2.75, 3.05) is 5.75 Å². The Hall–Kier alpha value is -0.770. The summed E-state index contributed by atoms with van der Waals surface area (Å²) in [5, 5.41) is 10.1. The summed E-state index contributed by atoms with van der Waals surface area (Å²) in [6.07, 6.45) is 0.403. The van der Waals surface area contributed by atoms with Gasteiger partial charge in [-0.05, 0) is 43.2 Å². The van der Waals surface area contributed by atoms with Gasteiger partial charge in [0, 0.05) is 15.1 Å². The SMILES string of the molecule is Cc1ccc(CC(O)CSc2ccc(Br)cc2)cc1. The van der Waals surface area contributed by atoms with Crippen molar-refractivity contribution >= 4 is 27.7 Å².